The molecule has 0 spiro atoms. The van der Waals surface area contributed by atoms with Gasteiger partial charge in [-0.1, -0.05) is 11.3 Å². The van der Waals surface area contributed by atoms with Crippen molar-refractivity contribution in [3.63, 3.8) is 0 Å². The highest BCUT2D eigenvalue weighted by Crippen LogP contribution is 2.29. The fourth-order valence-corrected chi connectivity index (χ4v) is 3.07. The zero-order chi connectivity index (χ0) is 17.5. The van der Waals surface area contributed by atoms with E-state index < -0.39 is 17.6 Å². The van der Waals surface area contributed by atoms with Crippen LogP contribution in [-0.4, -0.2) is 20.5 Å². The topological polar surface area (TPSA) is 59.3 Å². The van der Waals surface area contributed by atoms with Crippen molar-refractivity contribution in [3.8, 4) is 0 Å². The van der Waals surface area contributed by atoms with E-state index in [2.05, 4.69) is 15.4 Å². The summed E-state index contributed by atoms with van der Waals surface area (Å²) < 4.78 is 39.3. The number of aryl methyl sites for hydroxylation is 2. The quantitative estimate of drug-likeness (QED) is 0.785. The van der Waals surface area contributed by atoms with Gasteiger partial charge in [-0.05, 0) is 38.1 Å². The molecule has 126 valence electrons. The summed E-state index contributed by atoms with van der Waals surface area (Å²) >= 11 is 1.44. The third-order valence-corrected chi connectivity index (χ3v) is 4.31. The molecule has 24 heavy (non-hydrogen) atoms. The van der Waals surface area contributed by atoms with E-state index in [-0.39, 0.29) is 12.1 Å². The molecule has 0 aliphatic carbocycles. The van der Waals surface area contributed by atoms with Crippen molar-refractivity contribution in [3.05, 3.63) is 51.8 Å². The molecule has 0 unspecified atom stereocenters. The molecule has 0 saturated heterocycles. The van der Waals surface area contributed by atoms with Crippen molar-refractivity contribution in [2.45, 2.75) is 26.6 Å². The summed E-state index contributed by atoms with van der Waals surface area (Å²) in [7, 11) is 0. The maximum atomic E-state index is 12.5. The molecule has 2 heterocycles. The van der Waals surface area contributed by atoms with Gasteiger partial charge in [-0.25, -0.2) is 9.50 Å². The van der Waals surface area contributed by atoms with Crippen LogP contribution in [0.4, 0.5) is 13.2 Å². The molecule has 5 nitrogen and oxygen atoms in total. The van der Waals surface area contributed by atoms with E-state index in [4.69, 9.17) is 0 Å². The van der Waals surface area contributed by atoms with Gasteiger partial charge in [0.25, 0.3) is 5.91 Å². The van der Waals surface area contributed by atoms with Crippen molar-refractivity contribution >= 4 is 22.2 Å². The number of hydrogen-bond acceptors (Lipinski definition) is 4. The molecule has 0 radical (unpaired) electrons. The fraction of sp³-hybridized carbons (Fsp3) is 0.267. The van der Waals surface area contributed by atoms with Gasteiger partial charge in [0.15, 0.2) is 0 Å². The maximum Gasteiger partial charge on any atom is 0.416 e. The Labute approximate surface area is 139 Å². The first-order chi connectivity index (χ1) is 11.3. The zero-order valence-electron chi connectivity index (χ0n) is 12.8. The minimum Gasteiger partial charge on any atom is -0.346 e. The molecule has 0 aliphatic heterocycles. The van der Waals surface area contributed by atoms with Gasteiger partial charge >= 0.3 is 6.18 Å². The molecule has 3 aromatic rings. The smallest absolute Gasteiger partial charge is 0.346 e. The van der Waals surface area contributed by atoms with E-state index in [0.29, 0.717) is 0 Å². The van der Waals surface area contributed by atoms with E-state index in [1.165, 1.54) is 11.3 Å². The molecule has 0 aliphatic rings. The third kappa shape index (κ3) is 3.12. The van der Waals surface area contributed by atoms with Crippen LogP contribution >= 0.6 is 11.3 Å². The SMILES string of the molecule is Cc1nn2c(CNC(=O)c3ccc(C(F)(F)F)cc3)c(C)nc2s1. The van der Waals surface area contributed by atoms with Crippen LogP contribution in [0.15, 0.2) is 24.3 Å². The van der Waals surface area contributed by atoms with Crippen molar-refractivity contribution < 1.29 is 18.0 Å². The average Bonchev–Trinajstić information content (AvgIpc) is 2.99. The standard InChI is InChI=1S/C15H13F3N4OS/c1-8-12(22-14(20-8)24-9(2)21-22)7-19-13(23)10-3-5-11(6-4-10)15(16,17)18/h3-6H,7H2,1-2H3,(H,19,23). The van der Waals surface area contributed by atoms with E-state index in [1.807, 2.05) is 13.8 Å². The Bertz CT molecular complexity index is 896. The van der Waals surface area contributed by atoms with Gasteiger partial charge in [0.2, 0.25) is 4.96 Å². The Morgan fingerprint density at radius 1 is 1.25 bits per heavy atom. The highest BCUT2D eigenvalue weighted by Gasteiger charge is 2.30. The number of alkyl halides is 3. The summed E-state index contributed by atoms with van der Waals surface area (Å²) in [6.45, 7) is 3.87. The molecule has 1 amide bonds. The molecule has 0 fully saturated rings. The van der Waals surface area contributed by atoms with Crippen LogP contribution in [0.25, 0.3) is 4.96 Å². The lowest BCUT2D eigenvalue weighted by Gasteiger charge is -2.08. The molecule has 9 heteroatoms. The first-order valence-corrected chi connectivity index (χ1v) is 7.84. The zero-order valence-corrected chi connectivity index (χ0v) is 13.6. The number of nitrogens with one attached hydrogen (secondary N) is 1. The summed E-state index contributed by atoms with van der Waals surface area (Å²) in [5, 5.41) is 7.86. The predicted octanol–water partition coefficient (Wildman–Crippen LogP) is 3.36. The minimum absolute atomic E-state index is 0.163. The van der Waals surface area contributed by atoms with Crippen LogP contribution in [0.1, 0.15) is 32.3 Å². The number of carbonyl (C=O) groups is 1. The first kappa shape index (κ1) is 16.4. The summed E-state index contributed by atoms with van der Waals surface area (Å²) in [5.74, 6) is -0.454. The van der Waals surface area contributed by atoms with Gasteiger partial charge in [-0.3, -0.25) is 4.79 Å². The number of rotatable bonds is 3. The summed E-state index contributed by atoms with van der Waals surface area (Å²) in [5.41, 5.74) is 0.872. The van der Waals surface area contributed by atoms with Gasteiger partial charge < -0.3 is 5.32 Å². The van der Waals surface area contributed by atoms with Crippen molar-refractivity contribution in [1.29, 1.82) is 0 Å². The Balaban J connectivity index is 1.74. The lowest BCUT2D eigenvalue weighted by Crippen LogP contribution is -2.24. The monoisotopic (exact) mass is 354 g/mol. The van der Waals surface area contributed by atoms with Gasteiger partial charge in [0, 0.05) is 5.56 Å². The summed E-state index contributed by atoms with van der Waals surface area (Å²) in [6.07, 6.45) is -4.42. The molecule has 3 rings (SSSR count). The number of aromatic nitrogens is 3. The van der Waals surface area contributed by atoms with Crippen LogP contribution < -0.4 is 5.32 Å². The second-order valence-corrected chi connectivity index (χ2v) is 6.38. The Hall–Kier alpha value is -2.42. The number of benzene rings is 1. The van der Waals surface area contributed by atoms with Crippen LogP contribution in [0.3, 0.4) is 0 Å². The van der Waals surface area contributed by atoms with Gasteiger partial charge in [0.1, 0.15) is 5.01 Å². The molecule has 1 aromatic carbocycles. The lowest BCUT2D eigenvalue weighted by molar-refractivity contribution is -0.137. The number of carbonyl (C=O) groups excluding carboxylic acids is 1. The molecule has 0 bridgehead atoms. The molecule has 0 saturated carbocycles. The van der Waals surface area contributed by atoms with Gasteiger partial charge in [-0.2, -0.15) is 18.3 Å². The number of imidazole rings is 1. The summed E-state index contributed by atoms with van der Waals surface area (Å²) in [4.78, 5) is 17.2. The summed E-state index contributed by atoms with van der Waals surface area (Å²) in [6, 6.07) is 4.09. The average molecular weight is 354 g/mol. The van der Waals surface area contributed by atoms with Crippen LogP contribution in [0.5, 0.6) is 0 Å². The second kappa shape index (κ2) is 5.90. The van der Waals surface area contributed by atoms with Crippen molar-refractivity contribution in [1.82, 2.24) is 19.9 Å². The number of hydrogen-bond donors (Lipinski definition) is 1. The van der Waals surface area contributed by atoms with Gasteiger partial charge in [0.05, 0.1) is 23.5 Å². The van der Waals surface area contributed by atoms with Gasteiger partial charge in [-0.15, -0.1) is 0 Å². The Kier molecular flexibility index (Phi) is 4.04. The number of fused-ring (bicyclic) bond motifs is 1. The highest BCUT2D eigenvalue weighted by molar-refractivity contribution is 7.16. The van der Waals surface area contributed by atoms with Crippen LogP contribution in [-0.2, 0) is 12.7 Å². The van der Waals surface area contributed by atoms with Crippen molar-refractivity contribution in [2.75, 3.05) is 0 Å². The van der Waals surface area contributed by atoms with Crippen LogP contribution in [0, 0.1) is 13.8 Å². The number of nitrogens with zero attached hydrogens (tertiary/aromatic N) is 3. The van der Waals surface area contributed by atoms with Crippen molar-refractivity contribution in [2.24, 2.45) is 0 Å². The third-order valence-electron chi connectivity index (χ3n) is 3.49. The molecule has 2 aromatic heterocycles. The Morgan fingerprint density at radius 3 is 2.54 bits per heavy atom. The van der Waals surface area contributed by atoms with E-state index in [9.17, 15) is 18.0 Å². The normalized spacial score (nSPS) is 11.9. The predicted molar refractivity (Wildman–Crippen MR) is 83.0 cm³/mol. The second-order valence-electron chi connectivity index (χ2n) is 5.22. The van der Waals surface area contributed by atoms with E-state index in [1.54, 1.807) is 4.52 Å². The maximum absolute atomic E-state index is 12.5. The lowest BCUT2D eigenvalue weighted by atomic mass is 10.1. The fourth-order valence-electron chi connectivity index (χ4n) is 2.27. The van der Waals surface area contributed by atoms with E-state index >= 15 is 0 Å². The highest BCUT2D eigenvalue weighted by atomic mass is 32.1. The first-order valence-electron chi connectivity index (χ1n) is 7.03. The Morgan fingerprint density at radius 2 is 1.92 bits per heavy atom. The van der Waals surface area contributed by atoms with Crippen LogP contribution in [0.2, 0.25) is 0 Å². The molecular weight excluding hydrogens is 341 g/mol. The number of amides is 1. The van der Waals surface area contributed by atoms with E-state index in [0.717, 1.165) is 45.6 Å². The largest absolute Gasteiger partial charge is 0.416 e. The molecule has 1 N–H and O–H groups in total. The minimum atomic E-state index is -4.42. The molecule has 0 atom stereocenters. The number of halogens is 3. The molecular formula is C15H13F3N4OS.